The first-order valence-corrected chi connectivity index (χ1v) is 9.18. The Kier molecular flexibility index (Phi) is 7.67. The van der Waals surface area contributed by atoms with Gasteiger partial charge in [-0.3, -0.25) is 4.79 Å². The Labute approximate surface area is 157 Å². The Bertz CT molecular complexity index is 684. The first-order chi connectivity index (χ1) is 12.5. The number of hydrogen-bond donors (Lipinski definition) is 1. The average Bonchev–Trinajstić information content (AvgIpc) is 2.62. The third kappa shape index (κ3) is 5.88. The first-order valence-electron chi connectivity index (χ1n) is 9.18. The summed E-state index contributed by atoms with van der Waals surface area (Å²) >= 11 is 0. The highest BCUT2D eigenvalue weighted by atomic mass is 16.5. The number of hydrogen-bond acceptors (Lipinski definition) is 3. The monoisotopic (exact) mass is 354 g/mol. The van der Waals surface area contributed by atoms with E-state index in [9.17, 15) is 4.79 Å². The minimum Gasteiger partial charge on any atom is -0.491 e. The number of carbonyl (C=O) groups excluding carboxylic acids is 1. The molecule has 0 spiro atoms. The first kappa shape index (κ1) is 20.0. The number of carbonyl (C=O) groups is 1. The van der Waals surface area contributed by atoms with Crippen LogP contribution in [0.15, 0.2) is 54.6 Å². The second kappa shape index (κ2) is 9.97. The predicted molar refractivity (Wildman–Crippen MR) is 107 cm³/mol. The van der Waals surface area contributed by atoms with Gasteiger partial charge >= 0.3 is 0 Å². The summed E-state index contributed by atoms with van der Waals surface area (Å²) < 4.78 is 5.81. The molecule has 2 aromatic carbocycles. The number of rotatable bonds is 9. The molecule has 0 fully saturated rings. The van der Waals surface area contributed by atoms with E-state index in [2.05, 4.69) is 36.2 Å². The molecule has 0 aliphatic heterocycles. The van der Waals surface area contributed by atoms with Crippen LogP contribution in [0.25, 0.3) is 0 Å². The number of para-hydroxylation sites is 1. The summed E-state index contributed by atoms with van der Waals surface area (Å²) in [5.41, 5.74) is 1.83. The molecule has 0 heterocycles. The van der Waals surface area contributed by atoms with Gasteiger partial charge in [0, 0.05) is 19.0 Å². The molecule has 4 heteroatoms. The van der Waals surface area contributed by atoms with Crippen molar-refractivity contribution < 1.29 is 9.53 Å². The van der Waals surface area contributed by atoms with Crippen molar-refractivity contribution in [2.24, 2.45) is 5.92 Å². The smallest absolute Gasteiger partial charge is 0.255 e. The van der Waals surface area contributed by atoms with Crippen LogP contribution >= 0.6 is 0 Å². The van der Waals surface area contributed by atoms with Crippen molar-refractivity contribution in [1.29, 1.82) is 0 Å². The zero-order valence-electron chi connectivity index (χ0n) is 16.2. The zero-order valence-corrected chi connectivity index (χ0v) is 16.2. The van der Waals surface area contributed by atoms with E-state index in [0.29, 0.717) is 30.4 Å². The Hall–Kier alpha value is -2.33. The molecule has 4 nitrogen and oxygen atoms in total. The highest BCUT2D eigenvalue weighted by Gasteiger charge is 2.18. The van der Waals surface area contributed by atoms with Gasteiger partial charge in [0.15, 0.2) is 0 Å². The summed E-state index contributed by atoms with van der Waals surface area (Å²) in [5.74, 6) is 1.26. The second-order valence-electron chi connectivity index (χ2n) is 7.12. The Balaban J connectivity index is 2.03. The van der Waals surface area contributed by atoms with Gasteiger partial charge in [0.25, 0.3) is 5.91 Å². The van der Waals surface area contributed by atoms with Gasteiger partial charge in [-0.15, -0.1) is 0 Å². The molecule has 2 aromatic rings. The highest BCUT2D eigenvalue weighted by Crippen LogP contribution is 2.24. The second-order valence-corrected chi connectivity index (χ2v) is 7.12. The van der Waals surface area contributed by atoms with Crippen molar-refractivity contribution in [2.45, 2.75) is 19.8 Å². The molecule has 2 rings (SSSR count). The molecule has 1 unspecified atom stereocenters. The van der Waals surface area contributed by atoms with E-state index in [1.165, 1.54) is 5.56 Å². The Morgan fingerprint density at radius 1 is 1.04 bits per heavy atom. The quantitative estimate of drug-likeness (QED) is 0.745. The summed E-state index contributed by atoms with van der Waals surface area (Å²) in [6, 6.07) is 17.8. The van der Waals surface area contributed by atoms with E-state index in [0.717, 1.165) is 6.54 Å². The van der Waals surface area contributed by atoms with E-state index < -0.39 is 0 Å². The van der Waals surface area contributed by atoms with Crippen LogP contribution in [0.5, 0.6) is 5.75 Å². The van der Waals surface area contributed by atoms with Gasteiger partial charge in [-0.2, -0.15) is 0 Å². The predicted octanol–water partition coefficient (Wildman–Crippen LogP) is 3.80. The van der Waals surface area contributed by atoms with Crippen LogP contribution in [0, 0.1) is 5.92 Å². The Morgan fingerprint density at radius 2 is 1.69 bits per heavy atom. The number of likely N-dealkylation sites (N-methyl/N-ethyl adjacent to an activating group) is 1. The van der Waals surface area contributed by atoms with Gasteiger partial charge in [-0.05, 0) is 37.7 Å². The van der Waals surface area contributed by atoms with Gasteiger partial charge in [0.1, 0.15) is 12.4 Å². The van der Waals surface area contributed by atoms with Gasteiger partial charge in [0.2, 0.25) is 0 Å². The molecule has 0 radical (unpaired) electrons. The van der Waals surface area contributed by atoms with Crippen molar-refractivity contribution in [3.8, 4) is 5.75 Å². The molecule has 0 aliphatic carbocycles. The van der Waals surface area contributed by atoms with Gasteiger partial charge < -0.3 is 15.0 Å². The van der Waals surface area contributed by atoms with Crippen LogP contribution in [0.4, 0.5) is 0 Å². The number of amides is 1. The van der Waals surface area contributed by atoms with E-state index in [1.54, 1.807) is 0 Å². The topological polar surface area (TPSA) is 41.6 Å². The largest absolute Gasteiger partial charge is 0.491 e. The van der Waals surface area contributed by atoms with Gasteiger partial charge in [0.05, 0.1) is 5.56 Å². The molecule has 0 aliphatic rings. The standard InChI is InChI=1S/C22H30N2O2/c1-17(2)20(18-10-6-5-7-11-18)16-23-22(25)19-12-8-9-13-21(19)26-15-14-24(3)4/h5-13,17,20H,14-16H2,1-4H3,(H,23,25). The minimum atomic E-state index is -0.0907. The maximum Gasteiger partial charge on any atom is 0.255 e. The minimum absolute atomic E-state index is 0.0907. The van der Waals surface area contributed by atoms with Crippen LogP contribution < -0.4 is 10.1 Å². The van der Waals surface area contributed by atoms with Crippen LogP contribution in [-0.4, -0.2) is 44.6 Å². The summed E-state index contributed by atoms with van der Waals surface area (Å²) in [6.07, 6.45) is 0. The zero-order chi connectivity index (χ0) is 18.9. The average molecular weight is 354 g/mol. The number of ether oxygens (including phenoxy) is 1. The van der Waals surface area contributed by atoms with Gasteiger partial charge in [-0.1, -0.05) is 56.3 Å². The fourth-order valence-corrected chi connectivity index (χ4v) is 2.85. The fourth-order valence-electron chi connectivity index (χ4n) is 2.85. The van der Waals surface area contributed by atoms with Crippen molar-refractivity contribution in [3.05, 3.63) is 65.7 Å². The summed E-state index contributed by atoms with van der Waals surface area (Å²) in [5, 5.41) is 3.09. The molecule has 140 valence electrons. The van der Waals surface area contributed by atoms with Crippen molar-refractivity contribution in [1.82, 2.24) is 10.2 Å². The molecule has 0 saturated heterocycles. The van der Waals surface area contributed by atoms with Gasteiger partial charge in [-0.25, -0.2) is 0 Å². The lowest BCUT2D eigenvalue weighted by Crippen LogP contribution is -2.31. The normalized spacial score (nSPS) is 12.2. The molecule has 1 amide bonds. The lowest BCUT2D eigenvalue weighted by Gasteiger charge is -2.22. The van der Waals surface area contributed by atoms with Crippen LogP contribution in [-0.2, 0) is 0 Å². The van der Waals surface area contributed by atoms with E-state index in [1.807, 2.05) is 56.6 Å². The number of nitrogens with zero attached hydrogens (tertiary/aromatic N) is 1. The molecule has 0 saturated carbocycles. The van der Waals surface area contributed by atoms with Crippen LogP contribution in [0.2, 0.25) is 0 Å². The number of nitrogens with one attached hydrogen (secondary N) is 1. The molecule has 26 heavy (non-hydrogen) atoms. The maximum absolute atomic E-state index is 12.7. The number of benzene rings is 2. The molecule has 1 atom stereocenters. The molecular weight excluding hydrogens is 324 g/mol. The van der Waals surface area contributed by atoms with Crippen LogP contribution in [0.1, 0.15) is 35.7 Å². The van der Waals surface area contributed by atoms with Crippen molar-refractivity contribution in [3.63, 3.8) is 0 Å². The van der Waals surface area contributed by atoms with Crippen molar-refractivity contribution >= 4 is 5.91 Å². The molecule has 1 N–H and O–H groups in total. The van der Waals surface area contributed by atoms with E-state index in [-0.39, 0.29) is 11.8 Å². The fraction of sp³-hybridized carbons (Fsp3) is 0.409. The highest BCUT2D eigenvalue weighted by molar-refractivity contribution is 5.96. The van der Waals surface area contributed by atoms with Crippen LogP contribution in [0.3, 0.4) is 0 Å². The summed E-state index contributed by atoms with van der Waals surface area (Å²) in [6.45, 7) is 6.33. The lowest BCUT2D eigenvalue weighted by molar-refractivity contribution is 0.0944. The Morgan fingerprint density at radius 3 is 2.35 bits per heavy atom. The third-order valence-electron chi connectivity index (χ3n) is 4.44. The van der Waals surface area contributed by atoms with E-state index >= 15 is 0 Å². The molecule has 0 aromatic heterocycles. The molecule has 0 bridgehead atoms. The SMILES string of the molecule is CC(C)C(CNC(=O)c1ccccc1OCCN(C)C)c1ccccc1. The van der Waals surface area contributed by atoms with E-state index in [4.69, 9.17) is 4.74 Å². The lowest BCUT2D eigenvalue weighted by atomic mass is 9.88. The molecular formula is C22H30N2O2. The maximum atomic E-state index is 12.7. The van der Waals surface area contributed by atoms with Crippen molar-refractivity contribution in [2.75, 3.05) is 33.8 Å². The summed E-state index contributed by atoms with van der Waals surface area (Å²) in [4.78, 5) is 14.8. The summed E-state index contributed by atoms with van der Waals surface area (Å²) in [7, 11) is 4.00. The third-order valence-corrected chi connectivity index (χ3v) is 4.44.